The van der Waals surface area contributed by atoms with Gasteiger partial charge in [0.05, 0.1) is 25.0 Å². The van der Waals surface area contributed by atoms with E-state index in [1.165, 1.54) is 0 Å². The Hall–Kier alpha value is -1.11. The van der Waals surface area contributed by atoms with Crippen LogP contribution in [0.1, 0.15) is 6.92 Å². The van der Waals surface area contributed by atoms with Gasteiger partial charge in [-0.2, -0.15) is 4.98 Å². The van der Waals surface area contributed by atoms with E-state index >= 15 is 0 Å². The second-order valence-corrected chi connectivity index (χ2v) is 4.68. The van der Waals surface area contributed by atoms with Gasteiger partial charge in [0, 0.05) is 20.1 Å². The highest BCUT2D eigenvalue weighted by Crippen LogP contribution is 2.26. The molecule has 0 aliphatic carbocycles. The molecule has 0 aromatic carbocycles. The molecule has 7 heteroatoms. The van der Waals surface area contributed by atoms with Crippen LogP contribution < -0.4 is 10.2 Å². The summed E-state index contributed by atoms with van der Waals surface area (Å²) < 4.78 is 5.59. The molecule has 0 bridgehead atoms. The van der Waals surface area contributed by atoms with Crippen LogP contribution in [0.25, 0.3) is 0 Å². The summed E-state index contributed by atoms with van der Waals surface area (Å²) in [6, 6.07) is 0. The SMILES string of the molecule is CNc1ncc(Cl)c(N2CC(C)OC(CO)C2)n1. The Kier molecular flexibility index (Phi) is 4.21. The van der Waals surface area contributed by atoms with Gasteiger partial charge in [-0.15, -0.1) is 0 Å². The van der Waals surface area contributed by atoms with E-state index in [4.69, 9.17) is 16.3 Å². The summed E-state index contributed by atoms with van der Waals surface area (Å²) in [7, 11) is 1.76. The van der Waals surface area contributed by atoms with Crippen molar-refractivity contribution in [3.63, 3.8) is 0 Å². The molecule has 0 amide bonds. The lowest BCUT2D eigenvalue weighted by Crippen LogP contribution is -2.48. The molecule has 2 atom stereocenters. The number of anilines is 2. The van der Waals surface area contributed by atoms with Crippen molar-refractivity contribution in [1.82, 2.24) is 9.97 Å². The number of aliphatic hydroxyl groups is 1. The van der Waals surface area contributed by atoms with Crippen molar-refractivity contribution in [2.24, 2.45) is 0 Å². The lowest BCUT2D eigenvalue weighted by Gasteiger charge is -2.37. The Morgan fingerprint density at radius 2 is 2.39 bits per heavy atom. The maximum Gasteiger partial charge on any atom is 0.224 e. The van der Waals surface area contributed by atoms with Crippen molar-refractivity contribution >= 4 is 23.4 Å². The number of ether oxygens (including phenoxy) is 1. The summed E-state index contributed by atoms with van der Waals surface area (Å²) in [5, 5.41) is 12.6. The third-order valence-electron chi connectivity index (χ3n) is 2.78. The van der Waals surface area contributed by atoms with Crippen LogP contribution >= 0.6 is 11.6 Å². The van der Waals surface area contributed by atoms with Gasteiger partial charge in [-0.25, -0.2) is 4.98 Å². The van der Waals surface area contributed by atoms with Crippen molar-refractivity contribution in [2.45, 2.75) is 19.1 Å². The largest absolute Gasteiger partial charge is 0.394 e. The van der Waals surface area contributed by atoms with Gasteiger partial charge in [0.15, 0.2) is 5.82 Å². The fourth-order valence-corrected chi connectivity index (χ4v) is 2.23. The highest BCUT2D eigenvalue weighted by molar-refractivity contribution is 6.32. The van der Waals surface area contributed by atoms with E-state index in [0.29, 0.717) is 29.9 Å². The lowest BCUT2D eigenvalue weighted by molar-refractivity contribution is -0.0422. The first-order valence-electron chi connectivity index (χ1n) is 5.85. The quantitative estimate of drug-likeness (QED) is 0.847. The van der Waals surface area contributed by atoms with E-state index in [1.54, 1.807) is 13.2 Å². The van der Waals surface area contributed by atoms with Gasteiger partial charge in [0.1, 0.15) is 5.02 Å². The van der Waals surface area contributed by atoms with E-state index in [0.717, 1.165) is 0 Å². The number of morpholine rings is 1. The molecule has 0 radical (unpaired) electrons. The van der Waals surface area contributed by atoms with Crippen LogP contribution in [0, 0.1) is 0 Å². The summed E-state index contributed by atoms with van der Waals surface area (Å²) in [4.78, 5) is 10.4. The second kappa shape index (κ2) is 5.69. The van der Waals surface area contributed by atoms with Gasteiger partial charge in [-0.1, -0.05) is 11.6 Å². The highest BCUT2D eigenvalue weighted by Gasteiger charge is 2.27. The molecule has 100 valence electrons. The summed E-state index contributed by atoms with van der Waals surface area (Å²) in [6.45, 7) is 3.21. The third-order valence-corrected chi connectivity index (χ3v) is 3.05. The van der Waals surface area contributed by atoms with E-state index in [2.05, 4.69) is 15.3 Å². The molecule has 2 N–H and O–H groups in total. The van der Waals surface area contributed by atoms with Crippen LogP contribution in [-0.4, -0.2) is 54.0 Å². The minimum atomic E-state index is -0.210. The van der Waals surface area contributed by atoms with Gasteiger partial charge < -0.3 is 20.1 Å². The Morgan fingerprint density at radius 1 is 1.61 bits per heavy atom. The molecule has 0 spiro atoms. The average Bonchev–Trinajstić information content (AvgIpc) is 2.38. The topological polar surface area (TPSA) is 70.5 Å². The van der Waals surface area contributed by atoms with Crippen molar-refractivity contribution in [2.75, 3.05) is 37.0 Å². The molecular weight excluding hydrogens is 256 g/mol. The lowest BCUT2D eigenvalue weighted by atomic mass is 10.2. The second-order valence-electron chi connectivity index (χ2n) is 4.27. The Balaban J connectivity index is 2.24. The van der Waals surface area contributed by atoms with Gasteiger partial charge in [-0.05, 0) is 6.92 Å². The maximum absolute atomic E-state index is 9.21. The van der Waals surface area contributed by atoms with Crippen LogP contribution in [0.2, 0.25) is 5.02 Å². The zero-order valence-electron chi connectivity index (χ0n) is 10.4. The number of rotatable bonds is 3. The molecule has 1 aliphatic rings. The molecular formula is C11H17ClN4O2. The van der Waals surface area contributed by atoms with E-state index in [1.807, 2.05) is 11.8 Å². The number of hydrogen-bond acceptors (Lipinski definition) is 6. The summed E-state index contributed by atoms with van der Waals surface area (Å²) in [6.07, 6.45) is 1.39. The first-order valence-corrected chi connectivity index (χ1v) is 6.23. The predicted octanol–water partition coefficient (Wildman–Crippen LogP) is 0.758. The Morgan fingerprint density at radius 3 is 3.06 bits per heavy atom. The van der Waals surface area contributed by atoms with E-state index < -0.39 is 0 Å². The van der Waals surface area contributed by atoms with E-state index in [-0.39, 0.29) is 18.8 Å². The molecule has 18 heavy (non-hydrogen) atoms. The summed E-state index contributed by atoms with van der Waals surface area (Å²) in [5.74, 6) is 1.19. The Bertz CT molecular complexity index is 418. The highest BCUT2D eigenvalue weighted by atomic mass is 35.5. The van der Waals surface area contributed by atoms with Crippen molar-refractivity contribution in [3.8, 4) is 0 Å². The molecule has 2 unspecified atom stereocenters. The fourth-order valence-electron chi connectivity index (χ4n) is 2.02. The van der Waals surface area contributed by atoms with Gasteiger partial charge in [-0.3, -0.25) is 0 Å². The molecule has 1 saturated heterocycles. The molecule has 0 saturated carbocycles. The van der Waals surface area contributed by atoms with Crippen LogP contribution in [0.4, 0.5) is 11.8 Å². The molecule has 2 heterocycles. The van der Waals surface area contributed by atoms with Crippen molar-refractivity contribution in [3.05, 3.63) is 11.2 Å². The maximum atomic E-state index is 9.21. The van der Waals surface area contributed by atoms with Crippen LogP contribution in [0.3, 0.4) is 0 Å². The van der Waals surface area contributed by atoms with Crippen LogP contribution in [0.5, 0.6) is 0 Å². The zero-order valence-corrected chi connectivity index (χ0v) is 11.2. The normalized spacial score (nSPS) is 24.1. The number of aromatic nitrogens is 2. The van der Waals surface area contributed by atoms with Crippen molar-refractivity contribution < 1.29 is 9.84 Å². The number of hydrogen-bond donors (Lipinski definition) is 2. The first kappa shape index (κ1) is 13.3. The van der Waals surface area contributed by atoms with Gasteiger partial charge >= 0.3 is 0 Å². The summed E-state index contributed by atoms with van der Waals surface area (Å²) in [5.41, 5.74) is 0. The van der Waals surface area contributed by atoms with Crippen LogP contribution in [-0.2, 0) is 4.74 Å². The standard InChI is InChI=1S/C11H17ClN4O2/c1-7-4-16(5-8(6-17)18-7)10-9(12)3-14-11(13-2)15-10/h3,7-8,17H,4-6H2,1-2H3,(H,13,14,15). The zero-order chi connectivity index (χ0) is 13.1. The number of nitrogens with one attached hydrogen (secondary N) is 1. The van der Waals surface area contributed by atoms with Crippen LogP contribution in [0.15, 0.2) is 6.20 Å². The summed E-state index contributed by atoms with van der Waals surface area (Å²) >= 11 is 6.13. The first-order chi connectivity index (χ1) is 8.63. The van der Waals surface area contributed by atoms with Crippen molar-refractivity contribution in [1.29, 1.82) is 0 Å². The van der Waals surface area contributed by atoms with E-state index in [9.17, 15) is 5.11 Å². The number of halogens is 1. The molecule has 2 rings (SSSR count). The third kappa shape index (κ3) is 2.82. The Labute approximate surface area is 111 Å². The smallest absolute Gasteiger partial charge is 0.224 e. The number of aliphatic hydroxyl groups excluding tert-OH is 1. The number of nitrogens with zero attached hydrogens (tertiary/aromatic N) is 3. The molecule has 1 aliphatic heterocycles. The van der Waals surface area contributed by atoms with Gasteiger partial charge in [0.2, 0.25) is 5.95 Å². The molecule has 1 fully saturated rings. The van der Waals surface area contributed by atoms with Gasteiger partial charge in [0.25, 0.3) is 0 Å². The average molecular weight is 273 g/mol. The minimum Gasteiger partial charge on any atom is -0.394 e. The molecule has 6 nitrogen and oxygen atoms in total. The molecule has 1 aromatic heterocycles. The predicted molar refractivity (Wildman–Crippen MR) is 70.2 cm³/mol. The minimum absolute atomic E-state index is 0.0115. The fraction of sp³-hybridized carbons (Fsp3) is 0.636. The molecule has 1 aromatic rings. The monoisotopic (exact) mass is 272 g/mol.